The van der Waals surface area contributed by atoms with Gasteiger partial charge in [0, 0.05) is 43.3 Å². The minimum atomic E-state index is -0.865. The summed E-state index contributed by atoms with van der Waals surface area (Å²) in [6.07, 6.45) is 0.382. The van der Waals surface area contributed by atoms with Crippen molar-refractivity contribution < 1.29 is 19.4 Å². The lowest BCUT2D eigenvalue weighted by atomic mass is 10.1. The highest BCUT2D eigenvalue weighted by atomic mass is 35.5. The number of rotatable bonds is 9. The average molecular weight is 493 g/mol. The summed E-state index contributed by atoms with van der Waals surface area (Å²) >= 11 is 5.97. The number of aliphatic carboxylic acids is 1. The van der Waals surface area contributed by atoms with Gasteiger partial charge in [0.25, 0.3) is 0 Å². The second-order valence-electron chi connectivity index (χ2n) is 8.75. The fourth-order valence-electron chi connectivity index (χ4n) is 4.20. The predicted octanol–water partition coefficient (Wildman–Crippen LogP) is 4.43. The maximum atomic E-state index is 12.7. The molecule has 7 heteroatoms. The van der Waals surface area contributed by atoms with Crippen LogP contribution in [0.15, 0.2) is 72.8 Å². The third kappa shape index (κ3) is 7.31. The molecule has 1 N–H and O–H groups in total. The van der Waals surface area contributed by atoms with E-state index in [9.17, 15) is 14.7 Å². The zero-order chi connectivity index (χ0) is 24.6. The Bertz CT molecular complexity index is 1140. The Labute approximate surface area is 210 Å². The first kappa shape index (κ1) is 24.8. The molecule has 1 saturated heterocycles. The molecule has 1 heterocycles. The Balaban J connectivity index is 1.38. The number of carbonyl (C=O) groups is 2. The molecule has 3 aromatic rings. The summed E-state index contributed by atoms with van der Waals surface area (Å²) in [5.41, 5.74) is 3.71. The lowest BCUT2D eigenvalue weighted by Crippen LogP contribution is -2.48. The van der Waals surface area contributed by atoms with Gasteiger partial charge in [-0.05, 0) is 34.9 Å². The minimum absolute atomic E-state index is 0.0355. The van der Waals surface area contributed by atoms with Crippen molar-refractivity contribution in [2.45, 2.75) is 26.0 Å². The van der Waals surface area contributed by atoms with Crippen molar-refractivity contribution in [1.82, 2.24) is 9.80 Å². The standard InChI is InChI=1S/C28H29ClN2O4/c29-25-9-6-22(7-10-25)20-35-26-11-8-23(18-28(33)34)16-24(26)19-30-12-14-31(15-13-30)27(32)17-21-4-2-1-3-5-21/h1-11,16H,12-15,17-20H2,(H,33,34). The van der Waals surface area contributed by atoms with Crippen LogP contribution >= 0.6 is 11.6 Å². The summed E-state index contributed by atoms with van der Waals surface area (Å²) in [5, 5.41) is 9.89. The molecule has 3 aromatic carbocycles. The van der Waals surface area contributed by atoms with E-state index in [0.717, 1.165) is 41.1 Å². The summed E-state index contributed by atoms with van der Waals surface area (Å²) in [7, 11) is 0. The Kier molecular flexibility index (Phi) is 8.40. The molecule has 1 aliphatic heterocycles. The molecule has 0 unspecified atom stereocenters. The van der Waals surface area contributed by atoms with Crippen LogP contribution in [0.4, 0.5) is 0 Å². The topological polar surface area (TPSA) is 70.1 Å². The van der Waals surface area contributed by atoms with E-state index in [0.29, 0.717) is 37.7 Å². The first-order valence-electron chi connectivity index (χ1n) is 11.7. The Morgan fingerprint density at radius 1 is 0.829 bits per heavy atom. The zero-order valence-corrected chi connectivity index (χ0v) is 20.3. The molecule has 1 fully saturated rings. The molecule has 0 bridgehead atoms. The van der Waals surface area contributed by atoms with E-state index in [1.165, 1.54) is 0 Å². The number of amides is 1. The summed E-state index contributed by atoms with van der Waals surface area (Å²) in [6, 6.07) is 22.9. The number of carboxylic acids is 1. The van der Waals surface area contributed by atoms with Crippen LogP contribution in [0.5, 0.6) is 5.75 Å². The van der Waals surface area contributed by atoms with Gasteiger partial charge in [0.15, 0.2) is 0 Å². The Hall–Kier alpha value is -3.35. The van der Waals surface area contributed by atoms with Crippen molar-refractivity contribution in [3.8, 4) is 5.75 Å². The Morgan fingerprint density at radius 2 is 1.51 bits per heavy atom. The molecule has 1 amide bonds. The third-order valence-corrected chi connectivity index (χ3v) is 6.36. The molecule has 4 rings (SSSR count). The van der Waals surface area contributed by atoms with Gasteiger partial charge in [-0.25, -0.2) is 0 Å². The summed E-state index contributed by atoms with van der Waals surface area (Å²) in [4.78, 5) is 28.1. The zero-order valence-electron chi connectivity index (χ0n) is 19.5. The number of carboxylic acid groups (broad SMARTS) is 1. The smallest absolute Gasteiger partial charge is 0.307 e. The summed E-state index contributed by atoms with van der Waals surface area (Å²) < 4.78 is 6.11. The lowest BCUT2D eigenvalue weighted by molar-refractivity contribution is -0.136. The fourth-order valence-corrected chi connectivity index (χ4v) is 4.33. The van der Waals surface area contributed by atoms with Crippen LogP contribution in [0.2, 0.25) is 5.02 Å². The van der Waals surface area contributed by atoms with Crippen molar-refractivity contribution in [2.75, 3.05) is 26.2 Å². The molecule has 0 radical (unpaired) electrons. The van der Waals surface area contributed by atoms with Crippen LogP contribution in [0.25, 0.3) is 0 Å². The average Bonchev–Trinajstić information content (AvgIpc) is 2.85. The molecular weight excluding hydrogens is 464 g/mol. The monoisotopic (exact) mass is 492 g/mol. The van der Waals surface area contributed by atoms with E-state index < -0.39 is 5.97 Å². The molecule has 35 heavy (non-hydrogen) atoms. The number of hydrogen-bond acceptors (Lipinski definition) is 4. The molecule has 0 atom stereocenters. The normalized spacial score (nSPS) is 14.0. The highest BCUT2D eigenvalue weighted by molar-refractivity contribution is 6.30. The molecule has 182 valence electrons. The lowest BCUT2D eigenvalue weighted by Gasteiger charge is -2.35. The van der Waals surface area contributed by atoms with Gasteiger partial charge >= 0.3 is 5.97 Å². The van der Waals surface area contributed by atoms with Crippen LogP contribution in [-0.4, -0.2) is 53.0 Å². The molecule has 0 spiro atoms. The highest BCUT2D eigenvalue weighted by Crippen LogP contribution is 2.25. The van der Waals surface area contributed by atoms with Gasteiger partial charge in [-0.2, -0.15) is 0 Å². The van der Waals surface area contributed by atoms with Gasteiger partial charge < -0.3 is 14.7 Å². The first-order chi connectivity index (χ1) is 17.0. The number of nitrogens with zero attached hydrogens (tertiary/aromatic N) is 2. The fraction of sp³-hybridized carbons (Fsp3) is 0.286. The van der Waals surface area contributed by atoms with E-state index in [1.54, 1.807) is 6.07 Å². The van der Waals surface area contributed by atoms with Gasteiger partial charge in [-0.15, -0.1) is 0 Å². The number of piperazine rings is 1. The maximum Gasteiger partial charge on any atom is 0.307 e. The Morgan fingerprint density at radius 3 is 2.20 bits per heavy atom. The third-order valence-electron chi connectivity index (χ3n) is 6.10. The van der Waals surface area contributed by atoms with Gasteiger partial charge in [0.05, 0.1) is 12.8 Å². The largest absolute Gasteiger partial charge is 0.489 e. The number of hydrogen-bond donors (Lipinski definition) is 1. The first-order valence-corrected chi connectivity index (χ1v) is 12.1. The number of carbonyl (C=O) groups excluding carboxylic acids is 1. The van der Waals surface area contributed by atoms with E-state index in [-0.39, 0.29) is 12.3 Å². The molecule has 0 saturated carbocycles. The van der Waals surface area contributed by atoms with Crippen molar-refractivity contribution in [2.24, 2.45) is 0 Å². The van der Waals surface area contributed by atoms with Crippen molar-refractivity contribution in [3.63, 3.8) is 0 Å². The summed E-state index contributed by atoms with van der Waals surface area (Å²) in [5.74, 6) is 0.0132. The second-order valence-corrected chi connectivity index (χ2v) is 9.18. The van der Waals surface area contributed by atoms with E-state index >= 15 is 0 Å². The van der Waals surface area contributed by atoms with Crippen LogP contribution < -0.4 is 4.74 Å². The van der Waals surface area contributed by atoms with Crippen LogP contribution in [0.1, 0.15) is 22.3 Å². The van der Waals surface area contributed by atoms with Gasteiger partial charge in [-0.3, -0.25) is 14.5 Å². The van der Waals surface area contributed by atoms with E-state index in [4.69, 9.17) is 16.3 Å². The number of ether oxygens (including phenoxy) is 1. The van der Waals surface area contributed by atoms with Crippen LogP contribution in [-0.2, 0) is 35.6 Å². The van der Waals surface area contributed by atoms with Crippen LogP contribution in [0, 0.1) is 0 Å². The predicted molar refractivity (Wildman–Crippen MR) is 136 cm³/mol. The number of halogens is 1. The SMILES string of the molecule is O=C(O)Cc1ccc(OCc2ccc(Cl)cc2)c(CN2CCN(C(=O)Cc3ccccc3)CC2)c1. The highest BCUT2D eigenvalue weighted by Gasteiger charge is 2.22. The molecular formula is C28H29ClN2O4. The molecule has 0 aromatic heterocycles. The second kappa shape index (κ2) is 11.9. The van der Waals surface area contributed by atoms with Gasteiger partial charge in [-0.1, -0.05) is 66.2 Å². The van der Waals surface area contributed by atoms with Gasteiger partial charge in [0.1, 0.15) is 12.4 Å². The van der Waals surface area contributed by atoms with E-state index in [2.05, 4.69) is 4.90 Å². The van der Waals surface area contributed by atoms with E-state index in [1.807, 2.05) is 71.6 Å². The molecule has 6 nitrogen and oxygen atoms in total. The minimum Gasteiger partial charge on any atom is -0.489 e. The van der Waals surface area contributed by atoms with Crippen molar-refractivity contribution >= 4 is 23.5 Å². The quantitative estimate of drug-likeness (QED) is 0.478. The van der Waals surface area contributed by atoms with Crippen molar-refractivity contribution in [1.29, 1.82) is 0 Å². The maximum absolute atomic E-state index is 12.7. The molecule has 1 aliphatic rings. The van der Waals surface area contributed by atoms with Crippen LogP contribution in [0.3, 0.4) is 0 Å². The van der Waals surface area contributed by atoms with Crippen molar-refractivity contribution in [3.05, 3.63) is 100 Å². The summed E-state index contributed by atoms with van der Waals surface area (Å²) in [6.45, 7) is 3.86. The molecule has 0 aliphatic carbocycles. The number of benzene rings is 3. The van der Waals surface area contributed by atoms with Gasteiger partial charge in [0.2, 0.25) is 5.91 Å².